The number of carbonyl (C=O) groups is 1. The third-order valence-corrected chi connectivity index (χ3v) is 7.03. The summed E-state index contributed by atoms with van der Waals surface area (Å²) in [5.41, 5.74) is 0. The average molecular weight is 496 g/mol. The lowest BCUT2D eigenvalue weighted by Crippen LogP contribution is -2.45. The van der Waals surface area contributed by atoms with Gasteiger partial charge in [-0.25, -0.2) is 0 Å². The van der Waals surface area contributed by atoms with Gasteiger partial charge in [0.25, 0.3) is 0 Å². The van der Waals surface area contributed by atoms with E-state index in [4.69, 9.17) is 0 Å². The van der Waals surface area contributed by atoms with E-state index in [0.717, 1.165) is 32.1 Å². The molecular weight excluding hydrogens is 434 g/mol. The van der Waals surface area contributed by atoms with Crippen molar-refractivity contribution in [2.75, 3.05) is 6.61 Å². The van der Waals surface area contributed by atoms with E-state index in [1.165, 1.54) is 103 Å². The molecule has 0 saturated heterocycles. The van der Waals surface area contributed by atoms with Gasteiger partial charge >= 0.3 is 0 Å². The van der Waals surface area contributed by atoms with E-state index in [2.05, 4.69) is 31.3 Å². The summed E-state index contributed by atoms with van der Waals surface area (Å²) in [5.74, 6) is -0.0444. The normalized spacial score (nSPS) is 13.4. The fourth-order valence-electron chi connectivity index (χ4n) is 4.59. The fraction of sp³-hybridized carbons (Fsp3) is 0.903. The zero-order chi connectivity index (χ0) is 25.8. The molecule has 0 radical (unpaired) electrons. The van der Waals surface area contributed by atoms with Gasteiger partial charge in [-0.2, -0.15) is 0 Å². The molecule has 208 valence electrons. The zero-order valence-electron chi connectivity index (χ0n) is 23.6. The topological polar surface area (TPSA) is 69.6 Å². The SMILES string of the molecule is CCCCCCC/C=C/CCCC[C@@H](O)[C@H](CO)NC(=O)CCCCCCCCCCCCCC. The second-order valence-corrected chi connectivity index (χ2v) is 10.5. The molecule has 0 aliphatic heterocycles. The highest BCUT2D eigenvalue weighted by atomic mass is 16.3. The van der Waals surface area contributed by atoms with Gasteiger partial charge in [0.05, 0.1) is 18.8 Å². The number of amides is 1. The molecule has 0 aromatic heterocycles. The number of unbranched alkanes of at least 4 members (excludes halogenated alkanes) is 18. The molecule has 0 heterocycles. The quantitative estimate of drug-likeness (QED) is 0.0791. The second-order valence-electron chi connectivity index (χ2n) is 10.5. The van der Waals surface area contributed by atoms with Crippen molar-refractivity contribution in [2.45, 2.75) is 174 Å². The molecule has 0 rings (SSSR count). The largest absolute Gasteiger partial charge is 0.394 e. The predicted molar refractivity (Wildman–Crippen MR) is 152 cm³/mol. The minimum absolute atomic E-state index is 0.0444. The van der Waals surface area contributed by atoms with Crippen LogP contribution in [-0.4, -0.2) is 34.9 Å². The fourth-order valence-corrected chi connectivity index (χ4v) is 4.59. The molecule has 0 aromatic rings. The third kappa shape index (κ3) is 24.6. The highest BCUT2D eigenvalue weighted by Gasteiger charge is 2.19. The highest BCUT2D eigenvalue weighted by molar-refractivity contribution is 5.76. The molecule has 0 aromatic carbocycles. The minimum atomic E-state index is -0.673. The number of rotatable bonds is 27. The van der Waals surface area contributed by atoms with Crippen LogP contribution in [0.2, 0.25) is 0 Å². The number of carbonyl (C=O) groups excluding carboxylic acids is 1. The molecule has 1 amide bonds. The second kappa shape index (κ2) is 27.7. The molecular formula is C31H61NO3. The van der Waals surface area contributed by atoms with E-state index < -0.39 is 12.1 Å². The van der Waals surface area contributed by atoms with Gasteiger partial charge in [0.1, 0.15) is 0 Å². The summed E-state index contributed by atoms with van der Waals surface area (Å²) in [5, 5.41) is 22.8. The molecule has 0 bridgehead atoms. The van der Waals surface area contributed by atoms with Crippen LogP contribution < -0.4 is 5.32 Å². The Bertz CT molecular complexity index is 466. The molecule has 0 saturated carbocycles. The Hall–Kier alpha value is -0.870. The first-order chi connectivity index (χ1) is 17.2. The summed E-state index contributed by atoms with van der Waals surface area (Å²) < 4.78 is 0. The summed E-state index contributed by atoms with van der Waals surface area (Å²) in [6, 6.07) is -0.543. The Balaban J connectivity index is 3.64. The smallest absolute Gasteiger partial charge is 0.220 e. The Morgan fingerprint density at radius 1 is 0.657 bits per heavy atom. The number of aliphatic hydroxyl groups excluding tert-OH is 2. The van der Waals surface area contributed by atoms with Crippen molar-refractivity contribution >= 4 is 5.91 Å². The first-order valence-corrected chi connectivity index (χ1v) is 15.4. The van der Waals surface area contributed by atoms with Crippen LogP contribution in [0.5, 0.6) is 0 Å². The van der Waals surface area contributed by atoms with Crippen LogP contribution >= 0.6 is 0 Å². The first kappa shape index (κ1) is 34.1. The van der Waals surface area contributed by atoms with Crippen LogP contribution in [0.25, 0.3) is 0 Å². The van der Waals surface area contributed by atoms with Crippen molar-refractivity contribution in [3.63, 3.8) is 0 Å². The molecule has 35 heavy (non-hydrogen) atoms. The van der Waals surface area contributed by atoms with Crippen LogP contribution in [0, 0.1) is 0 Å². The van der Waals surface area contributed by atoms with E-state index in [1.54, 1.807) is 0 Å². The van der Waals surface area contributed by atoms with Crippen LogP contribution in [0.1, 0.15) is 162 Å². The maximum atomic E-state index is 12.2. The Labute approximate surface area is 218 Å². The van der Waals surface area contributed by atoms with Gasteiger partial charge in [-0.05, 0) is 38.5 Å². The molecule has 3 N–H and O–H groups in total. The minimum Gasteiger partial charge on any atom is -0.394 e. The van der Waals surface area contributed by atoms with Gasteiger partial charge in [-0.15, -0.1) is 0 Å². The lowest BCUT2D eigenvalue weighted by Gasteiger charge is -2.22. The maximum Gasteiger partial charge on any atom is 0.220 e. The summed E-state index contributed by atoms with van der Waals surface area (Å²) in [4.78, 5) is 12.2. The van der Waals surface area contributed by atoms with E-state index in [-0.39, 0.29) is 12.5 Å². The Morgan fingerprint density at radius 2 is 1.09 bits per heavy atom. The van der Waals surface area contributed by atoms with Gasteiger partial charge in [0, 0.05) is 6.42 Å². The lowest BCUT2D eigenvalue weighted by atomic mass is 10.0. The van der Waals surface area contributed by atoms with Crippen LogP contribution in [0.3, 0.4) is 0 Å². The van der Waals surface area contributed by atoms with Crippen LogP contribution in [-0.2, 0) is 4.79 Å². The Kier molecular flexibility index (Phi) is 27.0. The van der Waals surface area contributed by atoms with Crippen molar-refractivity contribution in [1.82, 2.24) is 5.32 Å². The van der Waals surface area contributed by atoms with Crippen molar-refractivity contribution < 1.29 is 15.0 Å². The number of nitrogens with one attached hydrogen (secondary N) is 1. The van der Waals surface area contributed by atoms with Gasteiger partial charge in [-0.1, -0.05) is 129 Å². The van der Waals surface area contributed by atoms with Gasteiger partial charge in [0.15, 0.2) is 0 Å². The maximum absolute atomic E-state index is 12.2. The molecule has 0 aliphatic rings. The molecule has 0 spiro atoms. The first-order valence-electron chi connectivity index (χ1n) is 15.4. The number of hydrogen-bond donors (Lipinski definition) is 3. The van der Waals surface area contributed by atoms with Crippen molar-refractivity contribution in [1.29, 1.82) is 0 Å². The molecule has 0 unspecified atom stereocenters. The Morgan fingerprint density at radius 3 is 1.57 bits per heavy atom. The summed E-state index contributed by atoms with van der Waals surface area (Å²) in [7, 11) is 0. The number of hydrogen-bond acceptors (Lipinski definition) is 3. The van der Waals surface area contributed by atoms with Crippen molar-refractivity contribution in [3.8, 4) is 0 Å². The predicted octanol–water partition coefficient (Wildman–Crippen LogP) is 8.39. The highest BCUT2D eigenvalue weighted by Crippen LogP contribution is 2.13. The van der Waals surface area contributed by atoms with Gasteiger partial charge in [0.2, 0.25) is 5.91 Å². The molecule has 0 aliphatic carbocycles. The zero-order valence-corrected chi connectivity index (χ0v) is 23.6. The summed E-state index contributed by atoms with van der Waals surface area (Å²) >= 11 is 0. The van der Waals surface area contributed by atoms with E-state index >= 15 is 0 Å². The molecule has 4 heteroatoms. The van der Waals surface area contributed by atoms with E-state index in [0.29, 0.717) is 12.8 Å². The standard InChI is InChI=1S/C31H61NO3/c1-3-5-7-9-11-13-15-17-19-21-23-25-27-31(35)32-29(28-33)30(34)26-24-22-20-18-16-14-12-10-8-6-4-2/h16,18,29-30,33-34H,3-15,17,19-28H2,1-2H3,(H,32,35)/b18-16+/t29-,30+/m0/s1. The summed E-state index contributed by atoms with van der Waals surface area (Å²) in [6.07, 6.45) is 31.1. The molecule has 0 fully saturated rings. The molecule has 4 nitrogen and oxygen atoms in total. The third-order valence-electron chi connectivity index (χ3n) is 7.03. The van der Waals surface area contributed by atoms with Crippen LogP contribution in [0.15, 0.2) is 12.2 Å². The summed E-state index contributed by atoms with van der Waals surface area (Å²) in [6.45, 7) is 4.30. The van der Waals surface area contributed by atoms with Crippen molar-refractivity contribution in [2.24, 2.45) is 0 Å². The van der Waals surface area contributed by atoms with E-state index in [9.17, 15) is 15.0 Å². The average Bonchev–Trinajstić information content (AvgIpc) is 2.86. The monoisotopic (exact) mass is 495 g/mol. The van der Waals surface area contributed by atoms with Crippen molar-refractivity contribution in [3.05, 3.63) is 12.2 Å². The van der Waals surface area contributed by atoms with Gasteiger partial charge < -0.3 is 15.5 Å². The molecule has 2 atom stereocenters. The van der Waals surface area contributed by atoms with E-state index in [1.807, 2.05) is 0 Å². The number of allylic oxidation sites excluding steroid dienone is 2. The lowest BCUT2D eigenvalue weighted by molar-refractivity contribution is -0.123. The van der Waals surface area contributed by atoms with Gasteiger partial charge in [-0.3, -0.25) is 4.79 Å². The van der Waals surface area contributed by atoms with Crippen LogP contribution in [0.4, 0.5) is 0 Å². The number of aliphatic hydroxyl groups is 2.